The predicted octanol–water partition coefficient (Wildman–Crippen LogP) is 2.92. The molecule has 3 rings (SSSR count). The van der Waals surface area contributed by atoms with Crippen molar-refractivity contribution in [1.29, 1.82) is 0 Å². The van der Waals surface area contributed by atoms with E-state index in [9.17, 15) is 13.2 Å². The summed E-state index contributed by atoms with van der Waals surface area (Å²) >= 11 is 0. The standard InChI is InChI=1S/C19H22N2O4S/c1-25-18-9-7-15(8-10-18)13-21(17-11-12-26(23,24)14-17)19(22)20-16-5-3-2-4-6-16/h2-10,17H,11-14H2,1H3,(H,20,22)/t17-/m1/s1. The molecule has 2 aromatic carbocycles. The van der Waals surface area contributed by atoms with Crippen molar-refractivity contribution in [1.82, 2.24) is 4.90 Å². The number of rotatable bonds is 5. The zero-order valence-corrected chi connectivity index (χ0v) is 15.4. The van der Waals surface area contributed by atoms with Crippen LogP contribution >= 0.6 is 0 Å². The SMILES string of the molecule is COc1ccc(CN(C(=O)Nc2ccccc2)[C@@H]2CCS(=O)(=O)C2)cc1. The van der Waals surface area contributed by atoms with E-state index in [0.29, 0.717) is 18.7 Å². The molecular weight excluding hydrogens is 352 g/mol. The average Bonchev–Trinajstić information content (AvgIpc) is 3.00. The maximum atomic E-state index is 12.8. The Morgan fingerprint density at radius 3 is 2.42 bits per heavy atom. The molecule has 0 aliphatic carbocycles. The van der Waals surface area contributed by atoms with Gasteiger partial charge in [0.05, 0.1) is 18.6 Å². The van der Waals surface area contributed by atoms with E-state index in [-0.39, 0.29) is 23.6 Å². The van der Waals surface area contributed by atoms with Crippen molar-refractivity contribution >= 4 is 21.6 Å². The number of hydrogen-bond acceptors (Lipinski definition) is 4. The summed E-state index contributed by atoms with van der Waals surface area (Å²) in [6.07, 6.45) is 0.459. The Hall–Kier alpha value is -2.54. The predicted molar refractivity (Wildman–Crippen MR) is 101 cm³/mol. The minimum atomic E-state index is -3.09. The molecule has 6 nitrogen and oxygen atoms in total. The van der Waals surface area contributed by atoms with Crippen LogP contribution in [0.3, 0.4) is 0 Å². The van der Waals surface area contributed by atoms with Gasteiger partial charge in [0, 0.05) is 18.3 Å². The maximum Gasteiger partial charge on any atom is 0.322 e. The van der Waals surface area contributed by atoms with Gasteiger partial charge in [-0.05, 0) is 36.2 Å². The number of nitrogens with one attached hydrogen (secondary N) is 1. The molecule has 0 unspecified atom stereocenters. The number of benzene rings is 2. The largest absolute Gasteiger partial charge is 0.497 e. The molecule has 0 radical (unpaired) electrons. The van der Waals surface area contributed by atoms with E-state index in [0.717, 1.165) is 11.3 Å². The summed E-state index contributed by atoms with van der Waals surface area (Å²) in [7, 11) is -1.50. The first-order valence-corrected chi connectivity index (χ1v) is 10.2. The summed E-state index contributed by atoms with van der Waals surface area (Å²) in [5.41, 5.74) is 1.59. The van der Waals surface area contributed by atoms with Crippen molar-refractivity contribution in [2.45, 2.75) is 19.0 Å². The number of amides is 2. The first kappa shape index (κ1) is 18.3. The van der Waals surface area contributed by atoms with Gasteiger partial charge in [-0.15, -0.1) is 0 Å². The van der Waals surface area contributed by atoms with Crippen LogP contribution in [-0.4, -0.2) is 44.0 Å². The molecule has 1 N–H and O–H groups in total. The lowest BCUT2D eigenvalue weighted by Gasteiger charge is -2.28. The molecule has 138 valence electrons. The molecule has 2 amide bonds. The Balaban J connectivity index is 1.79. The van der Waals surface area contributed by atoms with E-state index < -0.39 is 9.84 Å². The van der Waals surface area contributed by atoms with Crippen LogP contribution in [0.4, 0.5) is 10.5 Å². The number of sulfone groups is 1. The lowest BCUT2D eigenvalue weighted by molar-refractivity contribution is 0.190. The zero-order chi connectivity index (χ0) is 18.6. The Morgan fingerprint density at radius 2 is 1.85 bits per heavy atom. The van der Waals surface area contributed by atoms with Crippen LogP contribution in [0, 0.1) is 0 Å². The summed E-state index contributed by atoms with van der Waals surface area (Å²) in [5.74, 6) is 0.860. The molecule has 1 fully saturated rings. The Labute approximate surface area is 153 Å². The molecule has 2 aromatic rings. The highest BCUT2D eigenvalue weighted by Gasteiger charge is 2.34. The minimum absolute atomic E-state index is 0.00532. The van der Waals surface area contributed by atoms with Crippen LogP contribution in [0.1, 0.15) is 12.0 Å². The van der Waals surface area contributed by atoms with Gasteiger partial charge in [-0.3, -0.25) is 0 Å². The zero-order valence-electron chi connectivity index (χ0n) is 14.6. The molecule has 1 heterocycles. The number of urea groups is 1. The van der Waals surface area contributed by atoms with Crippen LogP contribution < -0.4 is 10.1 Å². The lowest BCUT2D eigenvalue weighted by atomic mass is 10.1. The van der Waals surface area contributed by atoms with E-state index in [1.165, 1.54) is 0 Å². The van der Waals surface area contributed by atoms with Gasteiger partial charge in [0.15, 0.2) is 9.84 Å². The van der Waals surface area contributed by atoms with Crippen molar-refractivity contribution in [2.75, 3.05) is 23.9 Å². The van der Waals surface area contributed by atoms with Crippen molar-refractivity contribution in [3.8, 4) is 5.75 Å². The number of ether oxygens (including phenoxy) is 1. The van der Waals surface area contributed by atoms with Crippen molar-refractivity contribution in [3.63, 3.8) is 0 Å². The highest BCUT2D eigenvalue weighted by atomic mass is 32.2. The summed E-state index contributed by atoms with van der Waals surface area (Å²) in [4.78, 5) is 14.4. The fourth-order valence-corrected chi connectivity index (χ4v) is 4.76. The molecule has 26 heavy (non-hydrogen) atoms. The minimum Gasteiger partial charge on any atom is -0.497 e. The first-order chi connectivity index (χ1) is 12.5. The molecule has 0 bridgehead atoms. The fraction of sp³-hybridized carbons (Fsp3) is 0.316. The molecular formula is C19H22N2O4S. The van der Waals surface area contributed by atoms with Crippen LogP contribution in [0.2, 0.25) is 0 Å². The van der Waals surface area contributed by atoms with Gasteiger partial charge in [0.25, 0.3) is 0 Å². The molecule has 0 aromatic heterocycles. The Bertz CT molecular complexity index is 851. The highest BCUT2D eigenvalue weighted by Crippen LogP contribution is 2.22. The Morgan fingerprint density at radius 1 is 1.15 bits per heavy atom. The van der Waals surface area contributed by atoms with Crippen LogP contribution in [-0.2, 0) is 16.4 Å². The number of methoxy groups -OCH3 is 1. The first-order valence-electron chi connectivity index (χ1n) is 8.43. The second-order valence-corrected chi connectivity index (χ2v) is 8.56. The summed E-state index contributed by atoms with van der Waals surface area (Å²) < 4.78 is 28.9. The molecule has 7 heteroatoms. The highest BCUT2D eigenvalue weighted by molar-refractivity contribution is 7.91. The summed E-state index contributed by atoms with van der Waals surface area (Å²) in [6, 6.07) is 15.9. The maximum absolute atomic E-state index is 12.8. The van der Waals surface area contributed by atoms with Gasteiger partial charge >= 0.3 is 6.03 Å². The number of carbonyl (C=O) groups excluding carboxylic acids is 1. The molecule has 1 aliphatic heterocycles. The topological polar surface area (TPSA) is 75.7 Å². The molecule has 1 aliphatic rings. The lowest BCUT2D eigenvalue weighted by Crippen LogP contribution is -2.43. The van der Waals surface area contributed by atoms with Gasteiger partial charge in [-0.25, -0.2) is 13.2 Å². The number of hydrogen-bond donors (Lipinski definition) is 1. The monoisotopic (exact) mass is 374 g/mol. The molecule has 1 saturated heterocycles. The van der Waals surface area contributed by atoms with Crippen LogP contribution in [0.25, 0.3) is 0 Å². The normalized spacial score (nSPS) is 18.3. The molecule has 0 saturated carbocycles. The van der Waals surface area contributed by atoms with Gasteiger partial charge < -0.3 is 15.0 Å². The average molecular weight is 374 g/mol. The molecule has 0 spiro atoms. The summed E-state index contributed by atoms with van der Waals surface area (Å²) in [5, 5.41) is 2.86. The quantitative estimate of drug-likeness (QED) is 0.873. The van der Waals surface area contributed by atoms with E-state index in [2.05, 4.69) is 5.32 Å². The Kier molecular flexibility index (Phi) is 5.46. The fourth-order valence-electron chi connectivity index (χ4n) is 3.03. The van der Waals surface area contributed by atoms with Crippen molar-refractivity contribution in [2.24, 2.45) is 0 Å². The molecule has 1 atom stereocenters. The van der Waals surface area contributed by atoms with E-state index in [1.807, 2.05) is 42.5 Å². The number of nitrogens with zero attached hydrogens (tertiary/aromatic N) is 1. The van der Waals surface area contributed by atoms with Gasteiger partial charge in [0.2, 0.25) is 0 Å². The van der Waals surface area contributed by atoms with Crippen LogP contribution in [0.15, 0.2) is 54.6 Å². The third-order valence-corrected chi connectivity index (χ3v) is 6.20. The van der Waals surface area contributed by atoms with Crippen molar-refractivity contribution < 1.29 is 17.9 Å². The van der Waals surface area contributed by atoms with E-state index >= 15 is 0 Å². The number of para-hydroxylation sites is 1. The third-order valence-electron chi connectivity index (χ3n) is 4.45. The van der Waals surface area contributed by atoms with Crippen LogP contribution in [0.5, 0.6) is 5.75 Å². The second-order valence-electron chi connectivity index (χ2n) is 6.33. The van der Waals surface area contributed by atoms with E-state index in [4.69, 9.17) is 4.74 Å². The van der Waals surface area contributed by atoms with Gasteiger partial charge in [-0.1, -0.05) is 30.3 Å². The van der Waals surface area contributed by atoms with Gasteiger partial charge in [-0.2, -0.15) is 0 Å². The summed E-state index contributed by atoms with van der Waals surface area (Å²) in [6.45, 7) is 0.336. The van der Waals surface area contributed by atoms with E-state index in [1.54, 1.807) is 24.1 Å². The second kappa shape index (κ2) is 7.78. The smallest absolute Gasteiger partial charge is 0.322 e. The third kappa shape index (κ3) is 4.54. The number of carbonyl (C=O) groups is 1. The van der Waals surface area contributed by atoms with Crippen molar-refractivity contribution in [3.05, 3.63) is 60.2 Å². The number of anilines is 1. The van der Waals surface area contributed by atoms with Gasteiger partial charge in [0.1, 0.15) is 5.75 Å².